The predicted octanol–water partition coefficient (Wildman–Crippen LogP) is 2.46. The average Bonchev–Trinajstić information content (AvgIpc) is 2.58. The van der Waals surface area contributed by atoms with Gasteiger partial charge in [-0.1, -0.05) is 13.3 Å². The molecule has 1 aromatic rings. The third-order valence-corrected chi connectivity index (χ3v) is 2.29. The fourth-order valence-electron chi connectivity index (χ4n) is 1.72. The third-order valence-electron chi connectivity index (χ3n) is 2.29. The topological polar surface area (TPSA) is 25.2 Å². The minimum absolute atomic E-state index is 0.743. The van der Waals surface area contributed by atoms with Crippen LogP contribution < -0.4 is 5.32 Å². The van der Waals surface area contributed by atoms with Crippen molar-refractivity contribution in [2.75, 3.05) is 13.6 Å². The van der Waals surface area contributed by atoms with Gasteiger partial charge in [-0.2, -0.15) is 0 Å². The lowest BCUT2D eigenvalue weighted by Crippen LogP contribution is -2.20. The summed E-state index contributed by atoms with van der Waals surface area (Å²) >= 11 is 0. The van der Waals surface area contributed by atoms with Gasteiger partial charge in [-0.15, -0.1) is 0 Å². The maximum Gasteiger partial charge on any atom is 0.0934 e. The van der Waals surface area contributed by atoms with Crippen molar-refractivity contribution in [3.8, 4) is 0 Å². The van der Waals surface area contributed by atoms with E-state index in [1.165, 1.54) is 18.4 Å². The Balaban J connectivity index is 2.37. The summed E-state index contributed by atoms with van der Waals surface area (Å²) in [7, 11) is 2.01. The van der Waals surface area contributed by atoms with Crippen LogP contribution in [0.5, 0.6) is 0 Å². The summed E-state index contributed by atoms with van der Waals surface area (Å²) < 4.78 is 5.05. The monoisotopic (exact) mass is 181 g/mol. The number of hydrogen-bond acceptors (Lipinski definition) is 2. The zero-order chi connectivity index (χ0) is 9.52. The quantitative estimate of drug-likeness (QED) is 0.729. The Morgan fingerprint density at radius 2 is 2.38 bits per heavy atom. The third kappa shape index (κ3) is 3.64. The summed E-state index contributed by atoms with van der Waals surface area (Å²) in [6, 6.07) is 2.05. The molecule has 1 N–H and O–H groups in total. The molecule has 0 aliphatic rings. The largest absolute Gasteiger partial charge is 0.472 e. The van der Waals surface area contributed by atoms with Crippen molar-refractivity contribution in [1.82, 2.24) is 5.32 Å². The molecule has 1 aromatic heterocycles. The lowest BCUT2D eigenvalue weighted by atomic mass is 9.96. The molecular formula is C11H19NO. The van der Waals surface area contributed by atoms with Crippen LogP contribution in [0.25, 0.3) is 0 Å². The molecule has 0 radical (unpaired) electrons. The van der Waals surface area contributed by atoms with Crippen LogP contribution in [0.15, 0.2) is 23.0 Å². The van der Waals surface area contributed by atoms with Gasteiger partial charge in [0, 0.05) is 0 Å². The molecule has 0 bridgehead atoms. The molecule has 1 rings (SSSR count). The van der Waals surface area contributed by atoms with Crippen molar-refractivity contribution in [2.24, 2.45) is 5.92 Å². The van der Waals surface area contributed by atoms with Gasteiger partial charge in [0.05, 0.1) is 12.5 Å². The van der Waals surface area contributed by atoms with Crippen LogP contribution in [-0.2, 0) is 6.42 Å². The van der Waals surface area contributed by atoms with E-state index in [1.54, 1.807) is 6.26 Å². The normalized spacial score (nSPS) is 13.1. The number of furan rings is 1. The van der Waals surface area contributed by atoms with Crippen LogP contribution in [0.3, 0.4) is 0 Å². The van der Waals surface area contributed by atoms with E-state index in [-0.39, 0.29) is 0 Å². The van der Waals surface area contributed by atoms with Crippen LogP contribution in [0.1, 0.15) is 25.3 Å². The average molecular weight is 181 g/mol. The number of nitrogens with one attached hydrogen (secondary N) is 1. The Bertz CT molecular complexity index is 200. The molecule has 13 heavy (non-hydrogen) atoms. The van der Waals surface area contributed by atoms with Crippen molar-refractivity contribution in [1.29, 1.82) is 0 Å². The standard InChI is InChI=1S/C11H19NO/c1-3-4-10(8-12-2)7-11-5-6-13-9-11/h5-6,9-10,12H,3-4,7-8H2,1-2H3. The molecule has 0 aliphatic carbocycles. The van der Waals surface area contributed by atoms with Gasteiger partial charge in [0.1, 0.15) is 0 Å². The molecule has 0 amide bonds. The smallest absolute Gasteiger partial charge is 0.0934 e. The SMILES string of the molecule is CCCC(CNC)Cc1ccoc1. The maximum atomic E-state index is 5.05. The van der Waals surface area contributed by atoms with Crippen LogP contribution >= 0.6 is 0 Å². The van der Waals surface area contributed by atoms with Gasteiger partial charge < -0.3 is 9.73 Å². The fourth-order valence-corrected chi connectivity index (χ4v) is 1.72. The summed E-state index contributed by atoms with van der Waals surface area (Å²) in [6.45, 7) is 3.33. The van der Waals surface area contributed by atoms with Gasteiger partial charge in [-0.25, -0.2) is 0 Å². The molecule has 1 unspecified atom stereocenters. The molecule has 0 saturated carbocycles. The maximum absolute atomic E-state index is 5.05. The predicted molar refractivity (Wildman–Crippen MR) is 54.7 cm³/mol. The van der Waals surface area contributed by atoms with E-state index < -0.39 is 0 Å². The summed E-state index contributed by atoms with van der Waals surface area (Å²) in [4.78, 5) is 0. The van der Waals surface area contributed by atoms with Crippen molar-refractivity contribution in [3.63, 3.8) is 0 Å². The van der Waals surface area contributed by atoms with Crippen LogP contribution in [0.2, 0.25) is 0 Å². The highest BCUT2D eigenvalue weighted by Gasteiger charge is 2.08. The first-order chi connectivity index (χ1) is 6.36. The Morgan fingerprint density at radius 3 is 2.92 bits per heavy atom. The van der Waals surface area contributed by atoms with Gasteiger partial charge in [-0.3, -0.25) is 0 Å². The second kappa shape index (κ2) is 5.81. The van der Waals surface area contributed by atoms with Crippen molar-refractivity contribution in [2.45, 2.75) is 26.2 Å². The number of rotatable bonds is 6. The zero-order valence-corrected chi connectivity index (χ0v) is 8.55. The molecular weight excluding hydrogens is 162 g/mol. The highest BCUT2D eigenvalue weighted by molar-refractivity contribution is 5.06. The summed E-state index contributed by atoms with van der Waals surface area (Å²) in [6.07, 6.45) is 7.26. The first-order valence-electron chi connectivity index (χ1n) is 5.02. The molecule has 0 aliphatic heterocycles. The van der Waals surface area contributed by atoms with Crippen molar-refractivity contribution >= 4 is 0 Å². The zero-order valence-electron chi connectivity index (χ0n) is 8.55. The molecule has 0 saturated heterocycles. The minimum Gasteiger partial charge on any atom is -0.472 e. The fraction of sp³-hybridized carbons (Fsp3) is 0.636. The highest BCUT2D eigenvalue weighted by Crippen LogP contribution is 2.13. The minimum atomic E-state index is 0.743. The van der Waals surface area contributed by atoms with Crippen LogP contribution in [-0.4, -0.2) is 13.6 Å². The van der Waals surface area contributed by atoms with Crippen LogP contribution in [0, 0.1) is 5.92 Å². The van der Waals surface area contributed by atoms with Gasteiger partial charge >= 0.3 is 0 Å². The van der Waals surface area contributed by atoms with E-state index in [2.05, 4.69) is 18.3 Å². The van der Waals surface area contributed by atoms with Crippen LogP contribution in [0.4, 0.5) is 0 Å². The molecule has 0 aromatic carbocycles. The van der Waals surface area contributed by atoms with E-state index in [0.717, 1.165) is 18.9 Å². The Labute approximate surface area is 80.3 Å². The van der Waals surface area contributed by atoms with Crippen molar-refractivity contribution < 1.29 is 4.42 Å². The van der Waals surface area contributed by atoms with Gasteiger partial charge in [0.15, 0.2) is 0 Å². The Kier molecular flexibility index (Phi) is 4.61. The molecule has 74 valence electrons. The van der Waals surface area contributed by atoms with Gasteiger partial charge in [0.25, 0.3) is 0 Å². The molecule has 1 atom stereocenters. The molecule has 2 heteroatoms. The van der Waals surface area contributed by atoms with E-state index in [9.17, 15) is 0 Å². The number of hydrogen-bond donors (Lipinski definition) is 1. The lowest BCUT2D eigenvalue weighted by molar-refractivity contribution is 0.453. The second-order valence-corrected chi connectivity index (χ2v) is 3.55. The molecule has 0 spiro atoms. The first-order valence-corrected chi connectivity index (χ1v) is 5.02. The van der Waals surface area contributed by atoms with E-state index in [1.807, 2.05) is 13.3 Å². The van der Waals surface area contributed by atoms with Gasteiger partial charge in [-0.05, 0) is 44.0 Å². The molecule has 2 nitrogen and oxygen atoms in total. The summed E-state index contributed by atoms with van der Waals surface area (Å²) in [5, 5.41) is 3.23. The molecule has 0 fully saturated rings. The summed E-state index contributed by atoms with van der Waals surface area (Å²) in [5.74, 6) is 0.743. The van der Waals surface area contributed by atoms with E-state index in [0.29, 0.717) is 0 Å². The highest BCUT2D eigenvalue weighted by atomic mass is 16.3. The first kappa shape index (κ1) is 10.3. The molecule has 1 heterocycles. The van der Waals surface area contributed by atoms with Gasteiger partial charge in [0.2, 0.25) is 0 Å². The summed E-state index contributed by atoms with van der Waals surface area (Å²) in [5.41, 5.74) is 1.31. The van der Waals surface area contributed by atoms with E-state index in [4.69, 9.17) is 4.42 Å². The second-order valence-electron chi connectivity index (χ2n) is 3.55. The Morgan fingerprint density at radius 1 is 1.54 bits per heavy atom. The van der Waals surface area contributed by atoms with Crippen molar-refractivity contribution in [3.05, 3.63) is 24.2 Å². The van der Waals surface area contributed by atoms with E-state index >= 15 is 0 Å². The lowest BCUT2D eigenvalue weighted by Gasteiger charge is -2.13. The Hall–Kier alpha value is -0.760.